The minimum atomic E-state index is -4.44. The van der Waals surface area contributed by atoms with Gasteiger partial charge in [0.1, 0.15) is 0 Å². The Hall–Kier alpha value is -3.56. The number of rotatable bonds is 2. The van der Waals surface area contributed by atoms with Crippen LogP contribution in [0.2, 0.25) is 0 Å². The molecule has 0 atom stereocenters. The van der Waals surface area contributed by atoms with E-state index in [0.29, 0.717) is 43.1 Å². The van der Waals surface area contributed by atoms with E-state index in [1.165, 1.54) is 0 Å². The van der Waals surface area contributed by atoms with Crippen molar-refractivity contribution in [1.82, 2.24) is 25.1 Å². The lowest BCUT2D eigenvalue weighted by atomic mass is 10.0. The summed E-state index contributed by atoms with van der Waals surface area (Å²) in [7, 11) is 0. The largest absolute Gasteiger partial charge is 0.417 e. The monoisotopic (exact) mass is 454 g/mol. The first-order valence-electron chi connectivity index (χ1n) is 10.6. The number of hydrogen-bond donors (Lipinski definition) is 0. The van der Waals surface area contributed by atoms with Gasteiger partial charge in [-0.15, -0.1) is 10.2 Å². The molecule has 0 unspecified atom stereocenters. The number of pyridine rings is 2. The summed E-state index contributed by atoms with van der Waals surface area (Å²) < 4.78 is 39.2. The summed E-state index contributed by atoms with van der Waals surface area (Å²) in [5.41, 5.74) is 3.66. The van der Waals surface area contributed by atoms with E-state index in [0.717, 1.165) is 35.4 Å². The van der Waals surface area contributed by atoms with Crippen LogP contribution in [0.1, 0.15) is 44.0 Å². The summed E-state index contributed by atoms with van der Waals surface area (Å²) in [5.74, 6) is 0.368. The zero-order chi connectivity index (χ0) is 23.2. The van der Waals surface area contributed by atoms with E-state index in [1.807, 2.05) is 24.1 Å². The van der Waals surface area contributed by atoms with E-state index >= 15 is 0 Å². The number of hydrogen-bond acceptors (Lipinski definition) is 6. The molecule has 0 spiro atoms. The van der Waals surface area contributed by atoms with Gasteiger partial charge < -0.3 is 9.80 Å². The second kappa shape index (κ2) is 8.09. The van der Waals surface area contributed by atoms with E-state index in [2.05, 4.69) is 20.2 Å². The molecule has 0 radical (unpaired) electrons. The van der Waals surface area contributed by atoms with Crippen LogP contribution in [-0.2, 0) is 32.1 Å². The van der Waals surface area contributed by atoms with E-state index in [9.17, 15) is 18.0 Å². The molecule has 0 saturated carbocycles. The third kappa shape index (κ3) is 4.12. The van der Waals surface area contributed by atoms with Gasteiger partial charge in [-0.3, -0.25) is 14.8 Å². The van der Waals surface area contributed by atoms with Crippen molar-refractivity contribution in [2.75, 3.05) is 18.0 Å². The van der Waals surface area contributed by atoms with Gasteiger partial charge >= 0.3 is 6.18 Å². The molecule has 2 aliphatic rings. The maximum atomic E-state index is 13.1. The first-order valence-corrected chi connectivity index (χ1v) is 10.6. The predicted molar refractivity (Wildman–Crippen MR) is 113 cm³/mol. The SMILES string of the molecule is Cc1cc(C(=O)N2CCc3cnccc3C2)nnc1N1CCc2ncc(C(F)(F)F)cc2C1. The maximum absolute atomic E-state index is 13.1. The number of fused-ring (bicyclic) bond motifs is 2. The fourth-order valence-corrected chi connectivity index (χ4v) is 4.37. The number of anilines is 1. The van der Waals surface area contributed by atoms with Crippen molar-refractivity contribution in [3.05, 3.63) is 76.0 Å². The third-order valence-corrected chi connectivity index (χ3v) is 6.15. The van der Waals surface area contributed by atoms with Crippen molar-refractivity contribution in [2.45, 2.75) is 39.0 Å². The van der Waals surface area contributed by atoms with Crippen LogP contribution in [0, 0.1) is 6.92 Å². The van der Waals surface area contributed by atoms with Crippen LogP contribution in [0.3, 0.4) is 0 Å². The molecule has 0 aromatic carbocycles. The van der Waals surface area contributed by atoms with Crippen LogP contribution < -0.4 is 4.90 Å². The zero-order valence-corrected chi connectivity index (χ0v) is 17.9. The summed E-state index contributed by atoms with van der Waals surface area (Å²) >= 11 is 0. The molecular weight excluding hydrogens is 433 g/mol. The molecule has 0 saturated heterocycles. The van der Waals surface area contributed by atoms with Gasteiger partial charge in [0, 0.05) is 56.9 Å². The Bertz CT molecular complexity index is 1230. The van der Waals surface area contributed by atoms with Gasteiger partial charge in [0.15, 0.2) is 11.5 Å². The van der Waals surface area contributed by atoms with Crippen molar-refractivity contribution in [3.8, 4) is 0 Å². The number of alkyl halides is 3. The Morgan fingerprint density at radius 1 is 1.00 bits per heavy atom. The van der Waals surface area contributed by atoms with Gasteiger partial charge in [-0.25, -0.2) is 0 Å². The first-order chi connectivity index (χ1) is 15.8. The lowest BCUT2D eigenvalue weighted by Crippen LogP contribution is -2.37. The standard InChI is InChI=1S/C23H21F3N6O/c1-14-8-20(22(33)32-6-3-15-10-27-5-2-16(15)12-32)29-30-21(14)31-7-4-19-17(13-31)9-18(11-28-19)23(24,25)26/h2,5,8-11H,3-4,6-7,12-13H2,1H3. The highest BCUT2D eigenvalue weighted by atomic mass is 19.4. The Labute approximate surface area is 188 Å². The average molecular weight is 454 g/mol. The van der Waals surface area contributed by atoms with Crippen LogP contribution >= 0.6 is 0 Å². The molecule has 5 rings (SSSR count). The fraction of sp³-hybridized carbons (Fsp3) is 0.348. The van der Waals surface area contributed by atoms with E-state index in [1.54, 1.807) is 17.2 Å². The minimum absolute atomic E-state index is 0.192. The van der Waals surface area contributed by atoms with Crippen molar-refractivity contribution < 1.29 is 18.0 Å². The van der Waals surface area contributed by atoms with Crippen LogP contribution in [0.5, 0.6) is 0 Å². The summed E-state index contributed by atoms with van der Waals surface area (Å²) in [6, 6.07) is 4.77. The second-order valence-electron chi connectivity index (χ2n) is 8.36. The van der Waals surface area contributed by atoms with Gasteiger partial charge in [0.05, 0.1) is 5.56 Å². The summed E-state index contributed by atoms with van der Waals surface area (Å²) in [5, 5.41) is 8.45. The molecular formula is C23H21F3N6O. The summed E-state index contributed by atoms with van der Waals surface area (Å²) in [4.78, 5) is 24.8. The molecule has 7 nitrogen and oxygen atoms in total. The lowest BCUT2D eigenvalue weighted by Gasteiger charge is -2.31. The molecule has 170 valence electrons. The Kier molecular flexibility index (Phi) is 5.22. The molecule has 0 aliphatic carbocycles. The molecule has 5 heterocycles. The molecule has 1 amide bonds. The van der Waals surface area contributed by atoms with Gasteiger partial charge in [-0.1, -0.05) is 0 Å². The molecule has 10 heteroatoms. The second-order valence-corrected chi connectivity index (χ2v) is 8.36. The minimum Gasteiger partial charge on any atom is -0.350 e. The molecule has 3 aromatic rings. The van der Waals surface area contributed by atoms with Gasteiger partial charge in [0.2, 0.25) is 0 Å². The highest BCUT2D eigenvalue weighted by molar-refractivity contribution is 5.92. The normalized spacial score (nSPS) is 15.8. The van der Waals surface area contributed by atoms with E-state index < -0.39 is 11.7 Å². The van der Waals surface area contributed by atoms with Gasteiger partial charge in [0.25, 0.3) is 5.91 Å². The lowest BCUT2D eigenvalue weighted by molar-refractivity contribution is -0.137. The number of aromatic nitrogens is 4. The van der Waals surface area contributed by atoms with Crippen LogP contribution in [0.15, 0.2) is 36.8 Å². The van der Waals surface area contributed by atoms with Crippen LogP contribution in [0.25, 0.3) is 0 Å². The number of carbonyl (C=O) groups is 1. The summed E-state index contributed by atoms with van der Waals surface area (Å²) in [6.07, 6.45) is 1.25. The first kappa shape index (κ1) is 21.3. The average Bonchev–Trinajstić information content (AvgIpc) is 2.82. The predicted octanol–water partition coefficient (Wildman–Crippen LogP) is 3.36. The number of carbonyl (C=O) groups excluding carboxylic acids is 1. The highest BCUT2D eigenvalue weighted by Gasteiger charge is 2.33. The van der Waals surface area contributed by atoms with Crippen molar-refractivity contribution in [2.24, 2.45) is 0 Å². The third-order valence-electron chi connectivity index (χ3n) is 6.15. The molecule has 0 fully saturated rings. The van der Waals surface area contributed by atoms with E-state index in [-0.39, 0.29) is 18.1 Å². The van der Waals surface area contributed by atoms with Crippen LogP contribution in [0.4, 0.5) is 19.0 Å². The number of amides is 1. The maximum Gasteiger partial charge on any atom is 0.417 e. The van der Waals surface area contributed by atoms with E-state index in [4.69, 9.17) is 0 Å². The Morgan fingerprint density at radius 2 is 1.85 bits per heavy atom. The molecule has 3 aromatic heterocycles. The number of nitrogens with zero attached hydrogens (tertiary/aromatic N) is 6. The van der Waals surface area contributed by atoms with Crippen molar-refractivity contribution >= 4 is 11.7 Å². The van der Waals surface area contributed by atoms with Crippen molar-refractivity contribution in [1.29, 1.82) is 0 Å². The van der Waals surface area contributed by atoms with Gasteiger partial charge in [-0.2, -0.15) is 13.2 Å². The Balaban J connectivity index is 1.34. The van der Waals surface area contributed by atoms with Crippen molar-refractivity contribution in [3.63, 3.8) is 0 Å². The number of halogens is 3. The quantitative estimate of drug-likeness (QED) is 0.591. The van der Waals surface area contributed by atoms with Gasteiger partial charge in [-0.05, 0) is 53.8 Å². The number of aryl methyl sites for hydroxylation is 1. The topological polar surface area (TPSA) is 75.1 Å². The van der Waals surface area contributed by atoms with Crippen LogP contribution in [-0.4, -0.2) is 44.1 Å². The molecule has 2 aliphatic heterocycles. The summed E-state index contributed by atoms with van der Waals surface area (Å²) in [6.45, 7) is 3.73. The molecule has 0 N–H and O–H groups in total. The molecule has 33 heavy (non-hydrogen) atoms. The molecule has 0 bridgehead atoms. The Morgan fingerprint density at radius 3 is 2.64 bits per heavy atom. The fourth-order valence-electron chi connectivity index (χ4n) is 4.37. The smallest absolute Gasteiger partial charge is 0.350 e. The zero-order valence-electron chi connectivity index (χ0n) is 17.9. The highest BCUT2D eigenvalue weighted by Crippen LogP contribution is 2.32.